The number of hydrogen-bond donors (Lipinski definition) is 1. The Labute approximate surface area is 114 Å². The molecule has 0 aromatic heterocycles. The van der Waals surface area contributed by atoms with Gasteiger partial charge in [0.05, 0.1) is 0 Å². The Morgan fingerprint density at radius 2 is 2.00 bits per heavy atom. The second-order valence-corrected chi connectivity index (χ2v) is 6.68. The van der Waals surface area contributed by atoms with Gasteiger partial charge in [-0.05, 0) is 42.5 Å². The first kappa shape index (κ1) is 14.7. The zero-order valence-electron chi connectivity index (χ0n) is 11.4. The van der Waals surface area contributed by atoms with E-state index in [2.05, 4.69) is 73.2 Å². The topological polar surface area (TPSA) is 12.0 Å². The maximum Gasteiger partial charge on any atom is 0.0320 e. The van der Waals surface area contributed by atoms with Gasteiger partial charge in [0.2, 0.25) is 0 Å². The molecule has 0 radical (unpaired) electrons. The summed E-state index contributed by atoms with van der Waals surface area (Å²) in [7, 11) is 0. The molecule has 0 aliphatic heterocycles. The molecule has 0 spiro atoms. The van der Waals surface area contributed by atoms with Crippen molar-refractivity contribution in [3.05, 3.63) is 34.3 Å². The fourth-order valence-electron chi connectivity index (χ4n) is 1.93. The van der Waals surface area contributed by atoms with E-state index in [-0.39, 0.29) is 0 Å². The van der Waals surface area contributed by atoms with Crippen LogP contribution in [0.5, 0.6) is 0 Å². The van der Waals surface area contributed by atoms with Crippen molar-refractivity contribution in [2.75, 3.05) is 6.54 Å². The molecule has 0 bridgehead atoms. The Kier molecular flexibility index (Phi) is 5.68. The van der Waals surface area contributed by atoms with Crippen LogP contribution in [0.1, 0.15) is 52.1 Å². The monoisotopic (exact) mass is 297 g/mol. The zero-order chi connectivity index (χ0) is 12.9. The van der Waals surface area contributed by atoms with E-state index in [0.717, 1.165) is 11.0 Å². The number of benzene rings is 1. The molecule has 0 heterocycles. The lowest BCUT2D eigenvalue weighted by Gasteiger charge is -2.24. The molecule has 96 valence electrons. The third-order valence-corrected chi connectivity index (χ3v) is 3.38. The van der Waals surface area contributed by atoms with Crippen LogP contribution >= 0.6 is 15.9 Å². The molecule has 17 heavy (non-hydrogen) atoms. The third-order valence-electron chi connectivity index (χ3n) is 2.88. The van der Waals surface area contributed by atoms with Crippen molar-refractivity contribution in [2.24, 2.45) is 5.41 Å². The average Bonchev–Trinajstić information content (AvgIpc) is 2.23. The lowest BCUT2D eigenvalue weighted by atomic mass is 9.87. The van der Waals surface area contributed by atoms with Gasteiger partial charge in [0.25, 0.3) is 0 Å². The lowest BCUT2D eigenvalue weighted by Crippen LogP contribution is -2.22. The summed E-state index contributed by atoms with van der Waals surface area (Å²) in [6, 6.07) is 9.09. The van der Waals surface area contributed by atoms with Gasteiger partial charge in [-0.25, -0.2) is 0 Å². The molecule has 1 rings (SSSR count). The van der Waals surface area contributed by atoms with Gasteiger partial charge in [0.15, 0.2) is 0 Å². The quantitative estimate of drug-likeness (QED) is 0.813. The Hall–Kier alpha value is -0.340. The summed E-state index contributed by atoms with van der Waals surface area (Å²) in [5.41, 5.74) is 1.78. The first-order valence-corrected chi connectivity index (χ1v) is 7.20. The van der Waals surface area contributed by atoms with Crippen LogP contribution in [0.15, 0.2) is 28.7 Å². The van der Waals surface area contributed by atoms with Gasteiger partial charge < -0.3 is 5.32 Å². The molecule has 0 fully saturated rings. The highest BCUT2D eigenvalue weighted by molar-refractivity contribution is 9.10. The molecule has 0 saturated heterocycles. The minimum absolute atomic E-state index is 0.402. The summed E-state index contributed by atoms with van der Waals surface area (Å²) in [5, 5.41) is 3.58. The van der Waals surface area contributed by atoms with Gasteiger partial charge in [-0.3, -0.25) is 0 Å². The lowest BCUT2D eigenvalue weighted by molar-refractivity contribution is 0.334. The minimum atomic E-state index is 0.402. The van der Waals surface area contributed by atoms with Gasteiger partial charge in [-0.1, -0.05) is 55.8 Å². The van der Waals surface area contributed by atoms with E-state index >= 15 is 0 Å². The zero-order valence-corrected chi connectivity index (χ0v) is 13.0. The Bertz CT molecular complexity index is 341. The van der Waals surface area contributed by atoms with Crippen molar-refractivity contribution in [3.63, 3.8) is 0 Å². The maximum absolute atomic E-state index is 3.58. The molecule has 0 aliphatic carbocycles. The highest BCUT2D eigenvalue weighted by Gasteiger charge is 2.16. The first-order valence-electron chi connectivity index (χ1n) is 6.41. The van der Waals surface area contributed by atoms with Crippen LogP contribution in [0, 0.1) is 5.41 Å². The SMILES string of the molecule is CCNC(CCC(C)(C)C)c1cccc(Br)c1. The summed E-state index contributed by atoms with van der Waals surface area (Å²) in [4.78, 5) is 0. The number of nitrogens with one attached hydrogen (secondary N) is 1. The van der Waals surface area contributed by atoms with Crippen LogP contribution in [-0.2, 0) is 0 Å². The van der Waals surface area contributed by atoms with Crippen LogP contribution < -0.4 is 5.32 Å². The van der Waals surface area contributed by atoms with Crippen LogP contribution in [0.2, 0.25) is 0 Å². The van der Waals surface area contributed by atoms with Gasteiger partial charge in [0, 0.05) is 10.5 Å². The molecule has 1 atom stereocenters. The van der Waals surface area contributed by atoms with Crippen LogP contribution in [0.25, 0.3) is 0 Å². The molecule has 2 heteroatoms. The Morgan fingerprint density at radius 3 is 2.53 bits per heavy atom. The highest BCUT2D eigenvalue weighted by atomic mass is 79.9. The smallest absolute Gasteiger partial charge is 0.0320 e. The molecular weight excluding hydrogens is 274 g/mol. The van der Waals surface area contributed by atoms with E-state index in [0.29, 0.717) is 11.5 Å². The summed E-state index contributed by atoms with van der Waals surface area (Å²) in [6.07, 6.45) is 2.42. The van der Waals surface area contributed by atoms with Crippen molar-refractivity contribution >= 4 is 15.9 Å². The number of halogens is 1. The number of rotatable bonds is 5. The summed E-state index contributed by atoms with van der Waals surface area (Å²) in [6.45, 7) is 10.1. The molecule has 1 unspecified atom stereocenters. The second kappa shape index (κ2) is 6.55. The first-order chi connectivity index (χ1) is 7.92. The third kappa shape index (κ3) is 5.69. The predicted molar refractivity (Wildman–Crippen MR) is 79.2 cm³/mol. The summed E-state index contributed by atoms with van der Waals surface area (Å²) < 4.78 is 1.16. The second-order valence-electron chi connectivity index (χ2n) is 5.76. The van der Waals surface area contributed by atoms with Gasteiger partial charge in [0.1, 0.15) is 0 Å². The van der Waals surface area contributed by atoms with Crippen LogP contribution in [0.3, 0.4) is 0 Å². The van der Waals surface area contributed by atoms with Crippen molar-refractivity contribution in [2.45, 2.75) is 46.6 Å². The summed E-state index contributed by atoms with van der Waals surface area (Å²) >= 11 is 3.54. The van der Waals surface area contributed by atoms with Crippen molar-refractivity contribution in [1.29, 1.82) is 0 Å². The predicted octanol–water partition coefficient (Wildman–Crippen LogP) is 4.93. The molecule has 1 N–H and O–H groups in total. The Morgan fingerprint density at radius 1 is 1.29 bits per heavy atom. The van der Waals surface area contributed by atoms with Gasteiger partial charge >= 0.3 is 0 Å². The molecular formula is C15H24BrN. The van der Waals surface area contributed by atoms with Crippen molar-refractivity contribution in [3.8, 4) is 0 Å². The fourth-order valence-corrected chi connectivity index (χ4v) is 2.35. The molecule has 1 aromatic rings. The van der Waals surface area contributed by atoms with Crippen molar-refractivity contribution in [1.82, 2.24) is 5.32 Å². The van der Waals surface area contributed by atoms with Crippen LogP contribution in [0.4, 0.5) is 0 Å². The summed E-state index contributed by atoms with van der Waals surface area (Å²) in [5.74, 6) is 0. The van der Waals surface area contributed by atoms with Crippen LogP contribution in [-0.4, -0.2) is 6.54 Å². The van der Waals surface area contributed by atoms with E-state index in [1.165, 1.54) is 18.4 Å². The molecule has 0 saturated carbocycles. The molecule has 0 amide bonds. The van der Waals surface area contributed by atoms with E-state index in [1.54, 1.807) is 0 Å². The minimum Gasteiger partial charge on any atom is -0.310 e. The van der Waals surface area contributed by atoms with E-state index in [9.17, 15) is 0 Å². The van der Waals surface area contributed by atoms with Gasteiger partial charge in [-0.2, -0.15) is 0 Å². The Balaban J connectivity index is 2.71. The highest BCUT2D eigenvalue weighted by Crippen LogP contribution is 2.28. The fraction of sp³-hybridized carbons (Fsp3) is 0.600. The van der Waals surface area contributed by atoms with Gasteiger partial charge in [-0.15, -0.1) is 0 Å². The molecule has 0 aliphatic rings. The maximum atomic E-state index is 3.58. The van der Waals surface area contributed by atoms with Crippen molar-refractivity contribution < 1.29 is 0 Å². The van der Waals surface area contributed by atoms with E-state index in [4.69, 9.17) is 0 Å². The number of hydrogen-bond acceptors (Lipinski definition) is 1. The normalized spacial score (nSPS) is 13.7. The standard InChI is InChI=1S/C15H24BrN/c1-5-17-14(9-10-15(2,3)4)12-7-6-8-13(16)11-12/h6-8,11,14,17H,5,9-10H2,1-4H3. The average molecular weight is 298 g/mol. The molecule has 1 aromatic carbocycles. The molecule has 1 nitrogen and oxygen atoms in total. The van der Waals surface area contributed by atoms with E-state index < -0.39 is 0 Å². The largest absolute Gasteiger partial charge is 0.310 e. The van der Waals surface area contributed by atoms with E-state index in [1.807, 2.05) is 0 Å².